The summed E-state index contributed by atoms with van der Waals surface area (Å²) in [5.41, 5.74) is -0.0871. The number of fused-ring (bicyclic) bond motifs is 1. The number of ether oxygens (including phenoxy) is 1. The van der Waals surface area contributed by atoms with Gasteiger partial charge in [-0.3, -0.25) is 9.78 Å². The van der Waals surface area contributed by atoms with Gasteiger partial charge in [-0.25, -0.2) is 9.97 Å². The third-order valence-electron chi connectivity index (χ3n) is 4.40. The maximum absolute atomic E-state index is 12.6. The third-order valence-corrected chi connectivity index (χ3v) is 4.40. The number of hydrogen-bond acceptors (Lipinski definition) is 7. The summed E-state index contributed by atoms with van der Waals surface area (Å²) in [4.78, 5) is 25.5. The Hall–Kier alpha value is -3.00. The molecule has 0 radical (unpaired) electrons. The average Bonchev–Trinajstić information content (AvgIpc) is 3.17. The number of nitrogens with one attached hydrogen (secondary N) is 2. The van der Waals surface area contributed by atoms with Crippen molar-refractivity contribution in [3.63, 3.8) is 0 Å². The van der Waals surface area contributed by atoms with E-state index >= 15 is 0 Å². The summed E-state index contributed by atoms with van der Waals surface area (Å²) < 4.78 is 7.21. The number of rotatable bonds is 5. The molecule has 1 aliphatic heterocycles. The summed E-state index contributed by atoms with van der Waals surface area (Å²) in [6.07, 6.45) is 8.82. The number of pyridine rings is 2. The molecule has 3 aromatic heterocycles. The first-order valence-electron chi connectivity index (χ1n) is 8.59. The van der Waals surface area contributed by atoms with Crippen LogP contribution in [-0.4, -0.2) is 38.8 Å². The van der Waals surface area contributed by atoms with E-state index in [0.29, 0.717) is 29.4 Å². The lowest BCUT2D eigenvalue weighted by molar-refractivity contribution is 0.120. The van der Waals surface area contributed by atoms with Crippen LogP contribution in [0.1, 0.15) is 12.8 Å². The molecule has 1 saturated heterocycles. The maximum Gasteiger partial charge on any atom is 0.261 e. The minimum Gasteiger partial charge on any atom is -0.376 e. The molecule has 4 rings (SSSR count). The molecular formula is C18H20N6O2. The second kappa shape index (κ2) is 7.09. The first-order valence-corrected chi connectivity index (χ1v) is 8.59. The summed E-state index contributed by atoms with van der Waals surface area (Å²) in [6.45, 7) is 1.41. The van der Waals surface area contributed by atoms with Gasteiger partial charge in [-0.15, -0.1) is 0 Å². The van der Waals surface area contributed by atoms with Crippen LogP contribution in [-0.2, 0) is 11.8 Å². The molecule has 0 amide bonds. The van der Waals surface area contributed by atoms with Gasteiger partial charge in [-0.1, -0.05) is 0 Å². The van der Waals surface area contributed by atoms with Crippen molar-refractivity contribution in [2.75, 3.05) is 23.8 Å². The minimum absolute atomic E-state index is 0.0871. The van der Waals surface area contributed by atoms with E-state index in [1.54, 1.807) is 36.4 Å². The molecule has 0 bridgehead atoms. The van der Waals surface area contributed by atoms with Crippen molar-refractivity contribution in [1.82, 2.24) is 19.5 Å². The summed E-state index contributed by atoms with van der Waals surface area (Å²) in [5, 5.41) is 7.81. The van der Waals surface area contributed by atoms with Gasteiger partial charge in [0, 0.05) is 38.8 Å². The molecule has 0 aliphatic carbocycles. The molecule has 8 nitrogen and oxygen atoms in total. The smallest absolute Gasteiger partial charge is 0.261 e. The van der Waals surface area contributed by atoms with Gasteiger partial charge in [0.15, 0.2) is 0 Å². The highest BCUT2D eigenvalue weighted by Gasteiger charge is 2.17. The second-order valence-corrected chi connectivity index (χ2v) is 6.28. The van der Waals surface area contributed by atoms with Gasteiger partial charge >= 0.3 is 0 Å². The Morgan fingerprint density at radius 3 is 3.04 bits per heavy atom. The van der Waals surface area contributed by atoms with Crippen LogP contribution in [0.15, 0.2) is 41.7 Å². The molecule has 0 spiro atoms. The van der Waals surface area contributed by atoms with Crippen molar-refractivity contribution >= 4 is 28.2 Å². The lowest BCUT2D eigenvalue weighted by Crippen LogP contribution is -2.22. The zero-order valence-electron chi connectivity index (χ0n) is 14.5. The van der Waals surface area contributed by atoms with Gasteiger partial charge in [-0.2, -0.15) is 0 Å². The van der Waals surface area contributed by atoms with Gasteiger partial charge in [0.2, 0.25) is 0 Å². The Labute approximate surface area is 150 Å². The fraction of sp³-hybridized carbons (Fsp3) is 0.333. The van der Waals surface area contributed by atoms with Crippen LogP contribution >= 0.6 is 0 Å². The molecule has 134 valence electrons. The number of anilines is 3. The molecule has 8 heteroatoms. The minimum atomic E-state index is -0.0871. The molecule has 3 aromatic rings. The zero-order chi connectivity index (χ0) is 17.9. The Morgan fingerprint density at radius 2 is 2.27 bits per heavy atom. The summed E-state index contributed by atoms with van der Waals surface area (Å²) in [7, 11) is 1.73. The van der Waals surface area contributed by atoms with Gasteiger partial charge in [0.05, 0.1) is 17.7 Å². The van der Waals surface area contributed by atoms with Crippen LogP contribution in [0.5, 0.6) is 0 Å². The van der Waals surface area contributed by atoms with E-state index in [-0.39, 0.29) is 11.7 Å². The monoisotopic (exact) mass is 352 g/mol. The summed E-state index contributed by atoms with van der Waals surface area (Å²) >= 11 is 0. The number of aryl methyl sites for hydroxylation is 1. The molecule has 0 unspecified atom stereocenters. The standard InChI is InChI=1S/C18H20N6O2/c1-24-7-4-12-9-14(22-15-11-19-5-6-20-15)23-17(16(12)18(24)25)21-10-13-3-2-8-26-13/h4-7,9,11,13H,2-3,8,10H2,1H3,(H2,20,21,22,23)/t13-/m0/s1. The SMILES string of the molecule is Cn1ccc2cc(Nc3cnccn3)nc(NC[C@@H]3CCCO3)c2c1=O. The molecule has 0 aromatic carbocycles. The highest BCUT2D eigenvalue weighted by molar-refractivity contribution is 5.93. The van der Waals surface area contributed by atoms with Crippen molar-refractivity contribution < 1.29 is 4.74 Å². The fourth-order valence-corrected chi connectivity index (χ4v) is 3.06. The number of nitrogens with zero attached hydrogens (tertiary/aromatic N) is 4. The largest absolute Gasteiger partial charge is 0.376 e. The predicted octanol–water partition coefficient (Wildman–Crippen LogP) is 2.06. The highest BCUT2D eigenvalue weighted by atomic mass is 16.5. The van der Waals surface area contributed by atoms with Crippen LogP contribution in [0.2, 0.25) is 0 Å². The molecule has 0 saturated carbocycles. The lowest BCUT2D eigenvalue weighted by Gasteiger charge is -2.15. The van der Waals surface area contributed by atoms with E-state index in [1.165, 1.54) is 0 Å². The van der Waals surface area contributed by atoms with E-state index in [0.717, 1.165) is 24.8 Å². The molecular weight excluding hydrogens is 332 g/mol. The van der Waals surface area contributed by atoms with E-state index in [2.05, 4.69) is 25.6 Å². The molecule has 4 heterocycles. The molecule has 26 heavy (non-hydrogen) atoms. The Balaban J connectivity index is 1.72. The van der Waals surface area contributed by atoms with Crippen molar-refractivity contribution in [1.29, 1.82) is 0 Å². The molecule has 1 aliphatic rings. The van der Waals surface area contributed by atoms with Gasteiger partial charge < -0.3 is 19.9 Å². The van der Waals surface area contributed by atoms with Crippen LogP contribution in [0.4, 0.5) is 17.5 Å². The van der Waals surface area contributed by atoms with Gasteiger partial charge in [0.1, 0.15) is 17.5 Å². The Bertz CT molecular complexity index is 967. The first-order chi connectivity index (χ1) is 12.7. The second-order valence-electron chi connectivity index (χ2n) is 6.28. The average molecular weight is 352 g/mol. The van der Waals surface area contributed by atoms with Crippen molar-refractivity contribution in [2.45, 2.75) is 18.9 Å². The lowest BCUT2D eigenvalue weighted by atomic mass is 10.2. The number of aromatic nitrogens is 4. The van der Waals surface area contributed by atoms with E-state index in [9.17, 15) is 4.79 Å². The van der Waals surface area contributed by atoms with Gasteiger partial charge in [-0.05, 0) is 30.4 Å². The van der Waals surface area contributed by atoms with Crippen LogP contribution in [0.25, 0.3) is 10.8 Å². The predicted molar refractivity (Wildman–Crippen MR) is 99.8 cm³/mol. The van der Waals surface area contributed by atoms with Crippen molar-refractivity contribution in [3.8, 4) is 0 Å². The van der Waals surface area contributed by atoms with Crippen molar-refractivity contribution in [3.05, 3.63) is 47.3 Å². The summed E-state index contributed by atoms with van der Waals surface area (Å²) in [6, 6.07) is 3.74. The third kappa shape index (κ3) is 3.36. The zero-order valence-corrected chi connectivity index (χ0v) is 14.5. The quantitative estimate of drug-likeness (QED) is 0.726. The summed E-state index contributed by atoms with van der Waals surface area (Å²) in [5.74, 6) is 1.74. The highest BCUT2D eigenvalue weighted by Crippen LogP contribution is 2.24. The number of hydrogen-bond donors (Lipinski definition) is 2. The van der Waals surface area contributed by atoms with Crippen LogP contribution < -0.4 is 16.2 Å². The normalized spacial score (nSPS) is 16.7. The van der Waals surface area contributed by atoms with E-state index in [1.807, 2.05) is 12.1 Å². The van der Waals surface area contributed by atoms with Gasteiger partial charge in [0.25, 0.3) is 5.56 Å². The topological polar surface area (TPSA) is 94.0 Å². The first kappa shape index (κ1) is 16.5. The molecule has 1 fully saturated rings. The molecule has 1 atom stereocenters. The van der Waals surface area contributed by atoms with Crippen LogP contribution in [0.3, 0.4) is 0 Å². The van der Waals surface area contributed by atoms with E-state index in [4.69, 9.17) is 4.74 Å². The van der Waals surface area contributed by atoms with Crippen molar-refractivity contribution in [2.24, 2.45) is 7.05 Å². The fourth-order valence-electron chi connectivity index (χ4n) is 3.06. The van der Waals surface area contributed by atoms with E-state index < -0.39 is 0 Å². The Morgan fingerprint density at radius 1 is 1.35 bits per heavy atom. The maximum atomic E-state index is 12.6. The molecule has 2 N–H and O–H groups in total. The Kier molecular flexibility index (Phi) is 4.49. The van der Waals surface area contributed by atoms with Crippen LogP contribution in [0, 0.1) is 0 Å².